The number of esters is 1. The summed E-state index contributed by atoms with van der Waals surface area (Å²) in [6, 6.07) is 6.81. The molecule has 0 radical (unpaired) electrons. The van der Waals surface area contributed by atoms with Crippen LogP contribution in [0.2, 0.25) is 0 Å². The number of nitrogens with one attached hydrogen (secondary N) is 1. The number of aromatic nitrogens is 4. The molecule has 8 heteroatoms. The lowest BCUT2D eigenvalue weighted by molar-refractivity contribution is 0.0526. The molecule has 0 atom stereocenters. The summed E-state index contributed by atoms with van der Waals surface area (Å²) in [5, 5.41) is 0. The molecular weight excluding hydrogens is 352 g/mol. The van der Waals surface area contributed by atoms with Crippen LogP contribution in [0, 0.1) is 4.77 Å². The molecule has 0 spiro atoms. The second-order valence-electron chi connectivity index (χ2n) is 5.47. The van der Waals surface area contributed by atoms with Gasteiger partial charge in [0, 0.05) is 36.3 Å². The van der Waals surface area contributed by atoms with Gasteiger partial charge >= 0.3 is 5.97 Å². The Kier molecular flexibility index (Phi) is 5.33. The van der Waals surface area contributed by atoms with Crippen LogP contribution in [0.5, 0.6) is 0 Å². The van der Waals surface area contributed by atoms with Gasteiger partial charge in [-0.05, 0) is 49.0 Å². The first-order valence-electron chi connectivity index (χ1n) is 7.94. The van der Waals surface area contributed by atoms with Gasteiger partial charge in [0.15, 0.2) is 4.77 Å². The van der Waals surface area contributed by atoms with Gasteiger partial charge < -0.3 is 4.74 Å². The molecule has 0 saturated carbocycles. The zero-order chi connectivity index (χ0) is 18.5. The van der Waals surface area contributed by atoms with E-state index in [0.717, 1.165) is 11.3 Å². The first-order chi connectivity index (χ1) is 12.6. The Morgan fingerprint density at radius 1 is 1.23 bits per heavy atom. The number of H-pyrrole nitrogens is 1. The van der Waals surface area contributed by atoms with Gasteiger partial charge in [0.2, 0.25) is 0 Å². The highest BCUT2D eigenvalue weighted by Crippen LogP contribution is 2.12. The number of nitrogens with zero attached hydrogens (tertiary/aromatic N) is 3. The minimum Gasteiger partial charge on any atom is -0.462 e. The van der Waals surface area contributed by atoms with Crippen LogP contribution in [0.4, 0.5) is 0 Å². The Morgan fingerprint density at radius 3 is 2.58 bits per heavy atom. The van der Waals surface area contributed by atoms with Crippen molar-refractivity contribution in [3.8, 4) is 5.69 Å². The summed E-state index contributed by atoms with van der Waals surface area (Å²) in [4.78, 5) is 34.5. The highest BCUT2D eigenvalue weighted by atomic mass is 32.1. The molecule has 26 heavy (non-hydrogen) atoms. The fraction of sp³-hybridized carbons (Fsp3) is 0.167. The maximum Gasteiger partial charge on any atom is 0.338 e. The SMILES string of the molecule is CCOC(=O)c1ccc(-n2cc(Cc3cncnc3)c(=O)[nH]c2=S)cc1. The Hall–Kier alpha value is -3.13. The Balaban J connectivity index is 1.95. The van der Waals surface area contributed by atoms with Crippen LogP contribution in [-0.4, -0.2) is 32.1 Å². The lowest BCUT2D eigenvalue weighted by atomic mass is 10.1. The van der Waals surface area contributed by atoms with E-state index in [1.807, 2.05) is 0 Å². The van der Waals surface area contributed by atoms with E-state index in [1.54, 1.807) is 54.3 Å². The number of ether oxygens (including phenoxy) is 1. The molecule has 0 bridgehead atoms. The number of rotatable bonds is 5. The normalized spacial score (nSPS) is 10.5. The molecule has 0 aliphatic carbocycles. The zero-order valence-electron chi connectivity index (χ0n) is 14.0. The van der Waals surface area contributed by atoms with Crippen LogP contribution in [0.1, 0.15) is 28.4 Å². The summed E-state index contributed by atoms with van der Waals surface area (Å²) in [5.74, 6) is -0.381. The van der Waals surface area contributed by atoms with E-state index in [0.29, 0.717) is 24.2 Å². The van der Waals surface area contributed by atoms with Gasteiger partial charge in [-0.15, -0.1) is 0 Å². The van der Waals surface area contributed by atoms with E-state index in [1.165, 1.54) is 6.33 Å². The van der Waals surface area contributed by atoms with Crippen molar-refractivity contribution in [1.29, 1.82) is 0 Å². The predicted octanol–water partition coefficient (Wildman–Crippen LogP) is 2.45. The Labute approximate surface area is 154 Å². The monoisotopic (exact) mass is 368 g/mol. The van der Waals surface area contributed by atoms with Crippen LogP contribution in [0.15, 0.2) is 54.0 Å². The van der Waals surface area contributed by atoms with Crippen molar-refractivity contribution in [3.05, 3.63) is 81.0 Å². The largest absolute Gasteiger partial charge is 0.462 e. The molecule has 2 heterocycles. The van der Waals surface area contributed by atoms with Gasteiger partial charge in [-0.2, -0.15) is 0 Å². The molecular formula is C18H16N4O3S. The fourth-order valence-electron chi connectivity index (χ4n) is 2.44. The average molecular weight is 368 g/mol. The number of benzene rings is 1. The van der Waals surface area contributed by atoms with Crippen LogP contribution in [-0.2, 0) is 11.2 Å². The lowest BCUT2D eigenvalue weighted by Gasteiger charge is -2.10. The van der Waals surface area contributed by atoms with Crippen molar-refractivity contribution in [2.24, 2.45) is 0 Å². The standard InChI is InChI=1S/C18H16N4O3S/c1-2-25-17(24)13-3-5-15(6-4-13)22-10-14(16(23)21-18(22)26)7-12-8-19-11-20-9-12/h3-6,8-11H,2,7H2,1H3,(H,21,23,26). The third kappa shape index (κ3) is 3.92. The maximum atomic E-state index is 12.2. The maximum absolute atomic E-state index is 12.2. The molecule has 0 fully saturated rings. The van der Waals surface area contributed by atoms with E-state index in [9.17, 15) is 9.59 Å². The predicted molar refractivity (Wildman–Crippen MR) is 98.0 cm³/mol. The minimum absolute atomic E-state index is 0.252. The molecule has 132 valence electrons. The molecule has 0 unspecified atom stereocenters. The summed E-state index contributed by atoms with van der Waals surface area (Å²) < 4.78 is 6.93. The highest BCUT2D eigenvalue weighted by Gasteiger charge is 2.09. The van der Waals surface area contributed by atoms with E-state index in [-0.39, 0.29) is 16.3 Å². The van der Waals surface area contributed by atoms with E-state index in [2.05, 4.69) is 15.0 Å². The first kappa shape index (κ1) is 17.7. The molecule has 0 aliphatic rings. The number of hydrogen-bond donors (Lipinski definition) is 1. The molecule has 1 N–H and O–H groups in total. The lowest BCUT2D eigenvalue weighted by Crippen LogP contribution is -2.18. The summed E-state index contributed by atoms with van der Waals surface area (Å²) >= 11 is 5.26. The van der Waals surface area contributed by atoms with Gasteiger partial charge in [-0.3, -0.25) is 14.3 Å². The number of carbonyl (C=O) groups excluding carboxylic acids is 1. The first-order valence-corrected chi connectivity index (χ1v) is 8.35. The number of hydrogen-bond acceptors (Lipinski definition) is 6. The molecule has 1 aromatic carbocycles. The summed E-state index contributed by atoms with van der Waals surface area (Å²) in [5.41, 5.74) is 2.28. The summed E-state index contributed by atoms with van der Waals surface area (Å²) in [6.45, 7) is 2.07. The van der Waals surface area contributed by atoms with Crippen molar-refractivity contribution >= 4 is 18.2 Å². The number of aromatic amines is 1. The van der Waals surface area contributed by atoms with Crippen LogP contribution >= 0.6 is 12.2 Å². The van der Waals surface area contributed by atoms with Crippen molar-refractivity contribution in [2.75, 3.05) is 6.61 Å². The molecule has 3 aromatic rings. The number of carbonyl (C=O) groups is 1. The van der Waals surface area contributed by atoms with E-state index in [4.69, 9.17) is 17.0 Å². The van der Waals surface area contributed by atoms with Crippen LogP contribution < -0.4 is 5.56 Å². The minimum atomic E-state index is -0.381. The van der Waals surface area contributed by atoms with Gasteiger partial charge in [0.05, 0.1) is 12.2 Å². The van der Waals surface area contributed by atoms with Crippen molar-refractivity contribution in [1.82, 2.24) is 19.5 Å². The molecule has 7 nitrogen and oxygen atoms in total. The van der Waals surface area contributed by atoms with Crippen molar-refractivity contribution in [3.63, 3.8) is 0 Å². The van der Waals surface area contributed by atoms with Gasteiger partial charge in [-0.1, -0.05) is 0 Å². The zero-order valence-corrected chi connectivity index (χ0v) is 14.8. The highest BCUT2D eigenvalue weighted by molar-refractivity contribution is 7.71. The molecule has 3 rings (SSSR count). The third-order valence-electron chi connectivity index (χ3n) is 3.68. The Morgan fingerprint density at radius 2 is 1.92 bits per heavy atom. The van der Waals surface area contributed by atoms with Crippen molar-refractivity contribution in [2.45, 2.75) is 13.3 Å². The van der Waals surface area contributed by atoms with Gasteiger partial charge in [-0.25, -0.2) is 14.8 Å². The third-order valence-corrected chi connectivity index (χ3v) is 3.98. The molecule has 0 aliphatic heterocycles. The van der Waals surface area contributed by atoms with E-state index >= 15 is 0 Å². The summed E-state index contributed by atoms with van der Waals surface area (Å²) in [6.07, 6.45) is 6.82. The molecule has 0 amide bonds. The van der Waals surface area contributed by atoms with E-state index < -0.39 is 0 Å². The Bertz CT molecular complexity index is 1030. The van der Waals surface area contributed by atoms with Crippen LogP contribution in [0.25, 0.3) is 5.69 Å². The molecule has 0 saturated heterocycles. The average Bonchev–Trinajstić information content (AvgIpc) is 2.65. The van der Waals surface area contributed by atoms with Gasteiger partial charge in [0.1, 0.15) is 6.33 Å². The smallest absolute Gasteiger partial charge is 0.338 e. The van der Waals surface area contributed by atoms with Crippen molar-refractivity contribution < 1.29 is 9.53 Å². The fourth-order valence-corrected chi connectivity index (χ4v) is 2.69. The topological polar surface area (TPSA) is 89.9 Å². The second kappa shape index (κ2) is 7.83. The second-order valence-corrected chi connectivity index (χ2v) is 5.86. The van der Waals surface area contributed by atoms with Crippen LogP contribution in [0.3, 0.4) is 0 Å². The quantitative estimate of drug-likeness (QED) is 0.550. The molecule has 2 aromatic heterocycles. The summed E-state index contributed by atoms with van der Waals surface area (Å²) in [7, 11) is 0. The van der Waals surface area contributed by atoms with Gasteiger partial charge in [0.25, 0.3) is 5.56 Å².